The molecule has 0 spiro atoms. The Kier molecular flexibility index (Phi) is 3.09. The average molecular weight is 300 g/mol. The molecule has 98 valence electrons. The number of hydrogen-bond acceptors (Lipinski definition) is 2. The molecule has 1 aromatic heterocycles. The van der Waals surface area contributed by atoms with Crippen LogP contribution >= 0.6 is 23.8 Å². The number of nitrogens with one attached hydrogen (secondary N) is 1. The lowest BCUT2D eigenvalue weighted by Crippen LogP contribution is -1.97. The maximum atomic E-state index is 9.06. The molecule has 0 radical (unpaired) electrons. The van der Waals surface area contributed by atoms with Gasteiger partial charge in [0.05, 0.1) is 28.4 Å². The highest BCUT2D eigenvalue weighted by molar-refractivity contribution is 7.71. The zero-order valence-electron chi connectivity index (χ0n) is 10.6. The quantitative estimate of drug-likeness (QED) is 0.671. The molecule has 0 fully saturated rings. The Morgan fingerprint density at radius 3 is 2.80 bits per heavy atom. The van der Waals surface area contributed by atoms with Crippen LogP contribution in [0.2, 0.25) is 5.02 Å². The topological polar surface area (TPSA) is 44.5 Å². The standard InChI is InChI=1S/C15H10ClN3S/c1-9-2-3-10(8-17)6-14(9)19-13-5-4-11(16)7-12(13)18-15(19)20/h2-7H,1H3,(H,18,20). The molecule has 3 rings (SSSR count). The van der Waals surface area contributed by atoms with Gasteiger partial charge >= 0.3 is 0 Å². The third-order valence-corrected chi connectivity index (χ3v) is 3.74. The van der Waals surface area contributed by atoms with Crippen molar-refractivity contribution in [2.45, 2.75) is 6.92 Å². The number of nitriles is 1. The van der Waals surface area contributed by atoms with Crippen molar-refractivity contribution in [2.24, 2.45) is 0 Å². The molecular formula is C15H10ClN3S. The highest BCUT2D eigenvalue weighted by atomic mass is 35.5. The summed E-state index contributed by atoms with van der Waals surface area (Å²) >= 11 is 11.4. The highest BCUT2D eigenvalue weighted by Gasteiger charge is 2.10. The third kappa shape index (κ3) is 2.01. The summed E-state index contributed by atoms with van der Waals surface area (Å²) in [7, 11) is 0. The van der Waals surface area contributed by atoms with E-state index in [1.54, 1.807) is 6.07 Å². The van der Waals surface area contributed by atoms with Gasteiger partial charge < -0.3 is 4.98 Å². The van der Waals surface area contributed by atoms with E-state index >= 15 is 0 Å². The van der Waals surface area contributed by atoms with Crippen LogP contribution in [0.5, 0.6) is 0 Å². The molecule has 3 nitrogen and oxygen atoms in total. The molecule has 0 saturated heterocycles. The Labute approximate surface area is 126 Å². The van der Waals surface area contributed by atoms with Gasteiger partial charge in [-0.2, -0.15) is 5.26 Å². The summed E-state index contributed by atoms with van der Waals surface area (Å²) in [5, 5.41) is 9.71. The normalized spacial score (nSPS) is 10.7. The van der Waals surface area contributed by atoms with Crippen molar-refractivity contribution in [3.8, 4) is 11.8 Å². The van der Waals surface area contributed by atoms with Gasteiger partial charge in [-0.25, -0.2) is 0 Å². The minimum atomic E-state index is 0.584. The van der Waals surface area contributed by atoms with Crippen molar-refractivity contribution >= 4 is 34.9 Å². The van der Waals surface area contributed by atoms with Gasteiger partial charge in [0.1, 0.15) is 0 Å². The van der Waals surface area contributed by atoms with E-state index in [4.69, 9.17) is 29.1 Å². The lowest BCUT2D eigenvalue weighted by atomic mass is 10.1. The number of fused-ring (bicyclic) bond motifs is 1. The Hall–Kier alpha value is -2.09. The summed E-state index contributed by atoms with van der Waals surface area (Å²) in [6.07, 6.45) is 0. The fourth-order valence-corrected chi connectivity index (χ4v) is 2.72. The monoisotopic (exact) mass is 299 g/mol. The average Bonchev–Trinajstić information content (AvgIpc) is 2.74. The number of H-pyrrole nitrogens is 1. The lowest BCUT2D eigenvalue weighted by Gasteiger charge is -2.08. The number of benzene rings is 2. The highest BCUT2D eigenvalue weighted by Crippen LogP contribution is 2.25. The summed E-state index contributed by atoms with van der Waals surface area (Å²) in [6, 6.07) is 13.3. The molecule has 3 aromatic rings. The van der Waals surface area contributed by atoms with E-state index in [0.29, 0.717) is 15.4 Å². The van der Waals surface area contributed by atoms with Crippen LogP contribution in [-0.2, 0) is 0 Å². The summed E-state index contributed by atoms with van der Waals surface area (Å²) in [4.78, 5) is 3.14. The van der Waals surface area contributed by atoms with Crippen LogP contribution in [0.15, 0.2) is 36.4 Å². The van der Waals surface area contributed by atoms with Crippen LogP contribution < -0.4 is 0 Å². The minimum Gasteiger partial charge on any atom is -0.330 e. The molecule has 1 N–H and O–H groups in total. The van der Waals surface area contributed by atoms with E-state index in [9.17, 15) is 0 Å². The largest absolute Gasteiger partial charge is 0.330 e. The first-order valence-electron chi connectivity index (χ1n) is 6.01. The van der Waals surface area contributed by atoms with Gasteiger partial charge in [-0.15, -0.1) is 0 Å². The smallest absolute Gasteiger partial charge is 0.182 e. The molecule has 0 amide bonds. The van der Waals surface area contributed by atoms with Crippen LogP contribution in [0.1, 0.15) is 11.1 Å². The van der Waals surface area contributed by atoms with Gasteiger partial charge in [0, 0.05) is 5.02 Å². The zero-order valence-corrected chi connectivity index (χ0v) is 12.2. The molecular weight excluding hydrogens is 290 g/mol. The van der Waals surface area contributed by atoms with Gasteiger partial charge in [0.15, 0.2) is 4.77 Å². The minimum absolute atomic E-state index is 0.584. The molecule has 0 aliphatic rings. The summed E-state index contributed by atoms with van der Waals surface area (Å²) < 4.78 is 2.51. The fraction of sp³-hybridized carbons (Fsp3) is 0.0667. The second kappa shape index (κ2) is 4.78. The van der Waals surface area contributed by atoms with Gasteiger partial charge in [-0.3, -0.25) is 4.57 Å². The van der Waals surface area contributed by atoms with E-state index in [1.807, 2.05) is 41.8 Å². The van der Waals surface area contributed by atoms with Crippen LogP contribution in [0.25, 0.3) is 16.7 Å². The SMILES string of the molecule is Cc1ccc(C#N)cc1-n1c(=S)[nH]c2cc(Cl)ccc21. The fourth-order valence-electron chi connectivity index (χ4n) is 2.24. The second-order valence-corrected chi connectivity index (χ2v) is 5.36. The second-order valence-electron chi connectivity index (χ2n) is 4.54. The maximum absolute atomic E-state index is 9.06. The Bertz CT molecular complexity index is 915. The number of nitrogens with zero attached hydrogens (tertiary/aromatic N) is 2. The van der Waals surface area contributed by atoms with Crippen LogP contribution in [-0.4, -0.2) is 9.55 Å². The Balaban J connectivity index is 2.38. The molecule has 20 heavy (non-hydrogen) atoms. The number of aromatic nitrogens is 2. The maximum Gasteiger partial charge on any atom is 0.182 e. The van der Waals surface area contributed by atoms with Crippen LogP contribution in [0, 0.1) is 23.0 Å². The molecule has 1 heterocycles. The molecule has 0 aliphatic heterocycles. The molecule has 0 saturated carbocycles. The first-order valence-corrected chi connectivity index (χ1v) is 6.80. The van der Waals surface area contributed by atoms with Crippen molar-refractivity contribution in [1.29, 1.82) is 5.26 Å². The summed E-state index contributed by atoms with van der Waals surface area (Å²) in [5.74, 6) is 0. The van der Waals surface area contributed by atoms with Crippen molar-refractivity contribution in [2.75, 3.05) is 0 Å². The molecule has 2 aromatic carbocycles. The predicted molar refractivity (Wildman–Crippen MR) is 82.9 cm³/mol. The van der Waals surface area contributed by atoms with E-state index in [-0.39, 0.29) is 0 Å². The number of imidazole rings is 1. The van der Waals surface area contributed by atoms with Crippen LogP contribution in [0.3, 0.4) is 0 Å². The van der Waals surface area contributed by atoms with Crippen molar-refractivity contribution < 1.29 is 0 Å². The van der Waals surface area contributed by atoms with E-state index in [2.05, 4.69) is 11.1 Å². The molecule has 0 atom stereocenters. The van der Waals surface area contributed by atoms with Gasteiger partial charge in [-0.05, 0) is 55.0 Å². The summed E-state index contributed by atoms with van der Waals surface area (Å²) in [6.45, 7) is 1.99. The number of halogens is 1. The molecule has 0 unspecified atom stereocenters. The number of hydrogen-bond donors (Lipinski definition) is 1. The molecule has 0 aliphatic carbocycles. The molecule has 0 bridgehead atoms. The first-order chi connectivity index (χ1) is 9.60. The van der Waals surface area contributed by atoms with Crippen molar-refractivity contribution in [1.82, 2.24) is 9.55 Å². The predicted octanol–water partition coefficient (Wildman–Crippen LogP) is 4.52. The van der Waals surface area contributed by atoms with E-state index < -0.39 is 0 Å². The Morgan fingerprint density at radius 1 is 1.25 bits per heavy atom. The van der Waals surface area contributed by atoms with Gasteiger partial charge in [-0.1, -0.05) is 17.7 Å². The van der Waals surface area contributed by atoms with Gasteiger partial charge in [0.2, 0.25) is 0 Å². The lowest BCUT2D eigenvalue weighted by molar-refractivity contribution is 1.05. The molecule has 5 heteroatoms. The zero-order chi connectivity index (χ0) is 14.3. The van der Waals surface area contributed by atoms with Gasteiger partial charge in [0.25, 0.3) is 0 Å². The van der Waals surface area contributed by atoms with Crippen molar-refractivity contribution in [3.05, 3.63) is 57.3 Å². The Morgan fingerprint density at radius 2 is 2.05 bits per heavy atom. The van der Waals surface area contributed by atoms with E-state index in [1.165, 1.54) is 0 Å². The number of aryl methyl sites for hydroxylation is 1. The summed E-state index contributed by atoms with van der Waals surface area (Å²) in [5.41, 5.74) is 4.39. The van der Waals surface area contributed by atoms with Crippen LogP contribution in [0.4, 0.5) is 0 Å². The number of aromatic amines is 1. The van der Waals surface area contributed by atoms with Crippen molar-refractivity contribution in [3.63, 3.8) is 0 Å². The first kappa shape index (κ1) is 12.9. The third-order valence-electron chi connectivity index (χ3n) is 3.22. The number of rotatable bonds is 1. The van der Waals surface area contributed by atoms with E-state index in [0.717, 1.165) is 22.3 Å².